The largest absolute Gasteiger partial charge is 0.156 e. The van der Waals surface area contributed by atoms with Crippen molar-refractivity contribution in [2.45, 2.75) is 37.2 Å². The molecular weight excluding hydrogens is 104 g/mol. The van der Waals surface area contributed by atoms with E-state index in [-0.39, 0.29) is 0 Å². The molecule has 0 aromatic rings. The smallest absolute Gasteiger partial charge is 0.00217 e. The molecule has 1 heterocycles. The van der Waals surface area contributed by atoms with Gasteiger partial charge < -0.3 is 0 Å². The van der Waals surface area contributed by atoms with E-state index in [1.807, 2.05) is 0 Å². The second-order valence-corrected chi connectivity index (χ2v) is 4.22. The van der Waals surface area contributed by atoms with Gasteiger partial charge in [0.05, 0.1) is 0 Å². The summed E-state index contributed by atoms with van der Waals surface area (Å²) in [4.78, 5) is 0. The molecule has 0 unspecified atom stereocenters. The Kier molecular flexibility index (Phi) is 1.63. The van der Waals surface area contributed by atoms with Crippen LogP contribution in [0.25, 0.3) is 0 Å². The zero-order valence-corrected chi connectivity index (χ0v) is 5.79. The maximum absolute atomic E-state index is 2.31. The highest BCUT2D eigenvalue weighted by atomic mass is 32.2. The van der Waals surface area contributed by atoms with E-state index in [0.29, 0.717) is 0 Å². The Morgan fingerprint density at radius 3 is 1.71 bits per heavy atom. The number of hydrogen-bond donors (Lipinski definition) is 0. The van der Waals surface area contributed by atoms with E-state index < -0.39 is 0 Å². The van der Waals surface area contributed by atoms with Crippen LogP contribution in [-0.2, 0) is 0 Å². The standard InChI is InChI=1S/C6H12S/c1-5-3-4-6(2)7-5/h5-6H,3-4H2,1-2H3/t5-,6-/m0/s1. The third kappa shape index (κ3) is 1.37. The van der Waals surface area contributed by atoms with Crippen molar-refractivity contribution in [2.24, 2.45) is 0 Å². The molecule has 0 amide bonds. The second-order valence-electron chi connectivity index (χ2n) is 2.33. The molecule has 0 nitrogen and oxygen atoms in total. The first-order chi connectivity index (χ1) is 3.29. The third-order valence-corrected chi connectivity index (χ3v) is 2.84. The van der Waals surface area contributed by atoms with Gasteiger partial charge in [-0.05, 0) is 12.8 Å². The fourth-order valence-electron chi connectivity index (χ4n) is 1.00. The molecule has 42 valence electrons. The van der Waals surface area contributed by atoms with Crippen LogP contribution in [0.4, 0.5) is 0 Å². The zero-order chi connectivity index (χ0) is 5.28. The summed E-state index contributed by atoms with van der Waals surface area (Å²) in [7, 11) is 0. The number of hydrogen-bond acceptors (Lipinski definition) is 1. The molecule has 1 saturated heterocycles. The minimum atomic E-state index is 0.940. The zero-order valence-electron chi connectivity index (χ0n) is 4.98. The van der Waals surface area contributed by atoms with Gasteiger partial charge in [-0.1, -0.05) is 13.8 Å². The lowest BCUT2D eigenvalue weighted by atomic mass is 10.2. The Hall–Kier alpha value is 0.350. The van der Waals surface area contributed by atoms with Crippen LogP contribution < -0.4 is 0 Å². The quantitative estimate of drug-likeness (QED) is 0.468. The van der Waals surface area contributed by atoms with E-state index in [0.717, 1.165) is 10.5 Å². The van der Waals surface area contributed by atoms with Gasteiger partial charge in [0.25, 0.3) is 0 Å². The molecule has 0 N–H and O–H groups in total. The van der Waals surface area contributed by atoms with Gasteiger partial charge >= 0.3 is 0 Å². The van der Waals surface area contributed by atoms with Crippen LogP contribution in [0.1, 0.15) is 26.7 Å². The maximum Gasteiger partial charge on any atom is 0.00217 e. The Balaban J connectivity index is 2.26. The summed E-state index contributed by atoms with van der Waals surface area (Å²) >= 11 is 2.12. The summed E-state index contributed by atoms with van der Waals surface area (Å²) < 4.78 is 0. The third-order valence-electron chi connectivity index (χ3n) is 1.44. The lowest BCUT2D eigenvalue weighted by Crippen LogP contribution is -1.84. The first kappa shape index (κ1) is 5.49. The molecule has 0 bridgehead atoms. The topological polar surface area (TPSA) is 0 Å². The molecule has 2 atom stereocenters. The van der Waals surface area contributed by atoms with Crippen LogP contribution in [0.5, 0.6) is 0 Å². The van der Waals surface area contributed by atoms with Gasteiger partial charge in [-0.3, -0.25) is 0 Å². The predicted molar refractivity (Wildman–Crippen MR) is 35.7 cm³/mol. The lowest BCUT2D eigenvalue weighted by molar-refractivity contribution is 0.777. The van der Waals surface area contributed by atoms with Crippen LogP contribution in [0.15, 0.2) is 0 Å². The fraction of sp³-hybridized carbons (Fsp3) is 1.00. The molecule has 0 saturated carbocycles. The van der Waals surface area contributed by atoms with E-state index in [1.54, 1.807) is 0 Å². The van der Waals surface area contributed by atoms with Crippen molar-refractivity contribution < 1.29 is 0 Å². The molecule has 1 fully saturated rings. The minimum absolute atomic E-state index is 0.940. The SMILES string of the molecule is C[C@H]1CC[C@H](C)S1. The van der Waals surface area contributed by atoms with Crippen LogP contribution in [0.3, 0.4) is 0 Å². The molecule has 0 aromatic heterocycles. The number of rotatable bonds is 0. The van der Waals surface area contributed by atoms with E-state index in [9.17, 15) is 0 Å². The first-order valence-electron chi connectivity index (χ1n) is 2.94. The maximum atomic E-state index is 2.31. The van der Waals surface area contributed by atoms with Crippen molar-refractivity contribution in [3.63, 3.8) is 0 Å². The van der Waals surface area contributed by atoms with Crippen LogP contribution in [-0.4, -0.2) is 10.5 Å². The highest BCUT2D eigenvalue weighted by Crippen LogP contribution is 2.32. The Labute approximate surface area is 49.7 Å². The molecule has 0 spiro atoms. The van der Waals surface area contributed by atoms with Gasteiger partial charge in [0.15, 0.2) is 0 Å². The Bertz CT molecular complexity index is 53.2. The fourth-order valence-corrected chi connectivity index (χ4v) is 2.34. The minimum Gasteiger partial charge on any atom is -0.156 e. The molecule has 0 radical (unpaired) electrons. The van der Waals surface area contributed by atoms with Gasteiger partial charge in [-0.2, -0.15) is 11.8 Å². The lowest BCUT2D eigenvalue weighted by Gasteiger charge is -1.97. The van der Waals surface area contributed by atoms with Gasteiger partial charge in [-0.15, -0.1) is 0 Å². The molecule has 1 heteroatoms. The van der Waals surface area contributed by atoms with Crippen molar-refractivity contribution in [3.8, 4) is 0 Å². The van der Waals surface area contributed by atoms with E-state index in [1.165, 1.54) is 12.8 Å². The van der Waals surface area contributed by atoms with E-state index in [4.69, 9.17) is 0 Å². The van der Waals surface area contributed by atoms with Crippen molar-refractivity contribution in [1.29, 1.82) is 0 Å². The Morgan fingerprint density at radius 1 is 1.14 bits per heavy atom. The summed E-state index contributed by atoms with van der Waals surface area (Å²) in [6.07, 6.45) is 2.87. The molecule has 1 aliphatic heterocycles. The highest BCUT2D eigenvalue weighted by molar-refractivity contribution is 8.00. The molecule has 1 rings (SSSR count). The summed E-state index contributed by atoms with van der Waals surface area (Å²) in [6.45, 7) is 4.63. The second kappa shape index (κ2) is 2.08. The van der Waals surface area contributed by atoms with Crippen molar-refractivity contribution in [2.75, 3.05) is 0 Å². The van der Waals surface area contributed by atoms with Crippen molar-refractivity contribution >= 4 is 11.8 Å². The monoisotopic (exact) mass is 116 g/mol. The molecule has 7 heavy (non-hydrogen) atoms. The molecular formula is C6H12S. The van der Waals surface area contributed by atoms with Crippen LogP contribution in [0.2, 0.25) is 0 Å². The highest BCUT2D eigenvalue weighted by Gasteiger charge is 2.16. The predicted octanol–water partition coefficient (Wildman–Crippen LogP) is 2.29. The van der Waals surface area contributed by atoms with E-state index in [2.05, 4.69) is 25.6 Å². The van der Waals surface area contributed by atoms with Crippen LogP contribution >= 0.6 is 11.8 Å². The van der Waals surface area contributed by atoms with Gasteiger partial charge in [0.1, 0.15) is 0 Å². The van der Waals surface area contributed by atoms with Crippen molar-refractivity contribution in [1.82, 2.24) is 0 Å². The van der Waals surface area contributed by atoms with Gasteiger partial charge in [0, 0.05) is 10.5 Å². The number of thioether (sulfide) groups is 1. The summed E-state index contributed by atoms with van der Waals surface area (Å²) in [5, 5.41) is 1.88. The molecule has 0 aliphatic carbocycles. The summed E-state index contributed by atoms with van der Waals surface area (Å²) in [5.74, 6) is 0. The van der Waals surface area contributed by atoms with Gasteiger partial charge in [-0.25, -0.2) is 0 Å². The normalized spacial score (nSPS) is 42.0. The molecule has 0 aromatic carbocycles. The van der Waals surface area contributed by atoms with E-state index >= 15 is 0 Å². The van der Waals surface area contributed by atoms with Crippen LogP contribution in [0, 0.1) is 0 Å². The average molecular weight is 116 g/mol. The summed E-state index contributed by atoms with van der Waals surface area (Å²) in [5.41, 5.74) is 0. The Morgan fingerprint density at radius 2 is 1.57 bits per heavy atom. The first-order valence-corrected chi connectivity index (χ1v) is 3.89. The molecule has 1 aliphatic rings. The average Bonchev–Trinajstić information content (AvgIpc) is 1.87. The summed E-state index contributed by atoms with van der Waals surface area (Å²) in [6, 6.07) is 0. The van der Waals surface area contributed by atoms with Gasteiger partial charge in [0.2, 0.25) is 0 Å². The van der Waals surface area contributed by atoms with Crippen molar-refractivity contribution in [3.05, 3.63) is 0 Å².